The summed E-state index contributed by atoms with van der Waals surface area (Å²) in [6.45, 7) is 6.56. The zero-order valence-electron chi connectivity index (χ0n) is 11.3. The van der Waals surface area contributed by atoms with Gasteiger partial charge in [0.05, 0.1) is 10.5 Å². The van der Waals surface area contributed by atoms with E-state index in [1.54, 1.807) is 12.1 Å². The van der Waals surface area contributed by atoms with E-state index in [-0.39, 0.29) is 11.9 Å². The Kier molecular flexibility index (Phi) is 4.42. The van der Waals surface area contributed by atoms with Gasteiger partial charge in [-0.25, -0.2) is 4.39 Å². The quantitative estimate of drug-likeness (QED) is 0.895. The average Bonchev–Trinajstić information content (AvgIpc) is 2.69. The number of nitrogens with one attached hydrogen (secondary N) is 1. The van der Waals surface area contributed by atoms with Gasteiger partial charge in [0.25, 0.3) is 0 Å². The Balaban J connectivity index is 2.51. The van der Waals surface area contributed by atoms with Crippen LogP contribution in [-0.2, 0) is 0 Å². The summed E-state index contributed by atoms with van der Waals surface area (Å²) in [5.74, 6) is 1.43. The first kappa shape index (κ1) is 14.3. The van der Waals surface area contributed by atoms with Crippen LogP contribution < -0.4 is 5.32 Å². The van der Waals surface area contributed by atoms with Crippen molar-refractivity contribution in [1.82, 2.24) is 5.32 Å². The molecule has 2 rings (SSSR count). The first-order chi connectivity index (χ1) is 9.04. The van der Waals surface area contributed by atoms with Crippen molar-refractivity contribution >= 4 is 15.9 Å². The zero-order valence-corrected chi connectivity index (χ0v) is 12.8. The minimum Gasteiger partial charge on any atom is -0.466 e. The molecule has 4 heteroatoms. The van der Waals surface area contributed by atoms with E-state index in [0.29, 0.717) is 10.0 Å². The summed E-state index contributed by atoms with van der Waals surface area (Å²) in [5.41, 5.74) is 1.61. The molecule has 102 valence electrons. The van der Waals surface area contributed by atoms with E-state index in [4.69, 9.17) is 4.42 Å². The molecule has 0 bridgehead atoms. The summed E-state index contributed by atoms with van der Waals surface area (Å²) in [7, 11) is 0. The van der Waals surface area contributed by atoms with Gasteiger partial charge < -0.3 is 9.73 Å². The third-order valence-corrected chi connectivity index (χ3v) is 3.70. The lowest BCUT2D eigenvalue weighted by Gasteiger charge is -2.19. The van der Waals surface area contributed by atoms with Gasteiger partial charge in [-0.3, -0.25) is 0 Å². The molecule has 2 nitrogen and oxygen atoms in total. The first-order valence-electron chi connectivity index (χ1n) is 6.28. The summed E-state index contributed by atoms with van der Waals surface area (Å²) in [4.78, 5) is 0. The molecule has 0 aliphatic carbocycles. The smallest absolute Gasteiger partial charge is 0.142 e. The van der Waals surface area contributed by atoms with E-state index in [0.717, 1.165) is 23.6 Å². The van der Waals surface area contributed by atoms with Gasteiger partial charge in [0, 0.05) is 11.1 Å². The van der Waals surface area contributed by atoms with Crippen LogP contribution in [0.15, 0.2) is 33.2 Å². The predicted molar refractivity (Wildman–Crippen MR) is 77.8 cm³/mol. The molecule has 0 aliphatic rings. The molecule has 0 amide bonds. The number of furan rings is 1. The number of hydrogen-bond donors (Lipinski definition) is 1. The third kappa shape index (κ3) is 2.90. The SMILES string of the molecule is CCNC(c1cc(C)oc1C)c1cccc(Br)c1F. The average molecular weight is 326 g/mol. The Hall–Kier alpha value is -1.13. The van der Waals surface area contributed by atoms with Crippen LogP contribution in [0.25, 0.3) is 0 Å². The highest BCUT2D eigenvalue weighted by atomic mass is 79.9. The molecule has 2 aromatic rings. The fraction of sp³-hybridized carbons (Fsp3) is 0.333. The molecule has 0 fully saturated rings. The Morgan fingerprint density at radius 3 is 2.63 bits per heavy atom. The number of aryl methyl sites for hydroxylation is 2. The Morgan fingerprint density at radius 1 is 1.32 bits per heavy atom. The first-order valence-corrected chi connectivity index (χ1v) is 7.08. The van der Waals surface area contributed by atoms with Gasteiger partial charge in [-0.15, -0.1) is 0 Å². The lowest BCUT2D eigenvalue weighted by atomic mass is 9.98. The molecule has 0 saturated carbocycles. The van der Waals surface area contributed by atoms with Crippen LogP contribution in [0.1, 0.15) is 35.6 Å². The van der Waals surface area contributed by atoms with Crippen molar-refractivity contribution in [3.05, 3.63) is 57.2 Å². The molecule has 1 unspecified atom stereocenters. The van der Waals surface area contributed by atoms with Gasteiger partial charge in [0.2, 0.25) is 0 Å². The fourth-order valence-electron chi connectivity index (χ4n) is 2.27. The molecule has 1 atom stereocenters. The molecule has 1 heterocycles. The molecule has 1 aromatic heterocycles. The maximum atomic E-state index is 14.3. The van der Waals surface area contributed by atoms with Crippen LogP contribution in [0.2, 0.25) is 0 Å². The van der Waals surface area contributed by atoms with Gasteiger partial charge >= 0.3 is 0 Å². The van der Waals surface area contributed by atoms with E-state index >= 15 is 0 Å². The van der Waals surface area contributed by atoms with Crippen LogP contribution in [-0.4, -0.2) is 6.54 Å². The van der Waals surface area contributed by atoms with E-state index in [2.05, 4.69) is 21.2 Å². The number of benzene rings is 1. The lowest BCUT2D eigenvalue weighted by molar-refractivity contribution is 0.491. The van der Waals surface area contributed by atoms with Crippen molar-refractivity contribution in [2.75, 3.05) is 6.54 Å². The summed E-state index contributed by atoms with van der Waals surface area (Å²) in [6, 6.07) is 7.11. The summed E-state index contributed by atoms with van der Waals surface area (Å²) < 4.78 is 20.3. The minimum atomic E-state index is -0.230. The van der Waals surface area contributed by atoms with Crippen LogP contribution in [0.4, 0.5) is 4.39 Å². The largest absolute Gasteiger partial charge is 0.466 e. The molecule has 0 radical (unpaired) electrons. The number of rotatable bonds is 4. The lowest BCUT2D eigenvalue weighted by Crippen LogP contribution is -2.23. The highest BCUT2D eigenvalue weighted by Crippen LogP contribution is 2.31. The van der Waals surface area contributed by atoms with Gasteiger partial charge in [-0.1, -0.05) is 19.1 Å². The second-order valence-corrected chi connectivity index (χ2v) is 5.36. The highest BCUT2D eigenvalue weighted by Gasteiger charge is 2.22. The van der Waals surface area contributed by atoms with Gasteiger partial charge in [-0.2, -0.15) is 0 Å². The summed E-state index contributed by atoms with van der Waals surface area (Å²) in [6.07, 6.45) is 0. The van der Waals surface area contributed by atoms with Crippen LogP contribution in [0, 0.1) is 19.7 Å². The van der Waals surface area contributed by atoms with Crippen molar-refractivity contribution in [2.24, 2.45) is 0 Å². The Morgan fingerprint density at radius 2 is 2.05 bits per heavy atom. The van der Waals surface area contributed by atoms with Gasteiger partial charge in [0.15, 0.2) is 0 Å². The number of hydrogen-bond acceptors (Lipinski definition) is 2. The minimum absolute atomic E-state index is 0.194. The molecule has 0 aliphatic heterocycles. The van der Waals surface area contributed by atoms with E-state index in [9.17, 15) is 4.39 Å². The normalized spacial score (nSPS) is 12.7. The van der Waals surface area contributed by atoms with Gasteiger partial charge in [0.1, 0.15) is 17.3 Å². The van der Waals surface area contributed by atoms with Crippen molar-refractivity contribution in [3.8, 4) is 0 Å². The fourth-order valence-corrected chi connectivity index (χ4v) is 2.65. The maximum Gasteiger partial charge on any atom is 0.142 e. The Labute approximate surface area is 121 Å². The van der Waals surface area contributed by atoms with E-state index in [1.165, 1.54) is 0 Å². The van der Waals surface area contributed by atoms with Crippen molar-refractivity contribution in [2.45, 2.75) is 26.8 Å². The molecule has 0 spiro atoms. The molecule has 19 heavy (non-hydrogen) atoms. The zero-order chi connectivity index (χ0) is 14.0. The van der Waals surface area contributed by atoms with E-state index in [1.807, 2.05) is 32.9 Å². The monoisotopic (exact) mass is 325 g/mol. The Bertz CT molecular complexity index is 580. The molecular weight excluding hydrogens is 309 g/mol. The second-order valence-electron chi connectivity index (χ2n) is 4.50. The van der Waals surface area contributed by atoms with Crippen LogP contribution in [0.5, 0.6) is 0 Å². The third-order valence-electron chi connectivity index (χ3n) is 3.09. The second kappa shape index (κ2) is 5.88. The standard InChI is InChI=1S/C15H17BrFNO/c1-4-18-15(12-8-9(2)19-10(12)3)11-6-5-7-13(16)14(11)17/h5-8,15,18H,4H2,1-3H3. The topological polar surface area (TPSA) is 25.2 Å². The van der Waals surface area contributed by atoms with Crippen molar-refractivity contribution < 1.29 is 8.81 Å². The molecule has 0 saturated heterocycles. The van der Waals surface area contributed by atoms with Crippen LogP contribution in [0.3, 0.4) is 0 Å². The molecule has 1 aromatic carbocycles. The van der Waals surface area contributed by atoms with Crippen molar-refractivity contribution in [1.29, 1.82) is 0 Å². The van der Waals surface area contributed by atoms with Gasteiger partial charge in [-0.05, 0) is 48.5 Å². The van der Waals surface area contributed by atoms with Crippen LogP contribution >= 0.6 is 15.9 Å². The predicted octanol–water partition coefficient (Wildman–Crippen LogP) is 4.50. The number of halogens is 2. The van der Waals surface area contributed by atoms with Crippen molar-refractivity contribution in [3.63, 3.8) is 0 Å². The highest BCUT2D eigenvalue weighted by molar-refractivity contribution is 9.10. The molecular formula is C15H17BrFNO. The summed E-state index contributed by atoms with van der Waals surface area (Å²) >= 11 is 3.24. The summed E-state index contributed by atoms with van der Waals surface area (Å²) in [5, 5.41) is 3.32. The molecule has 1 N–H and O–H groups in total. The van der Waals surface area contributed by atoms with E-state index < -0.39 is 0 Å². The maximum absolute atomic E-state index is 14.3.